The highest BCUT2D eigenvalue weighted by atomic mass is 16.2. The van der Waals surface area contributed by atoms with Crippen LogP contribution in [-0.4, -0.2) is 24.4 Å². The van der Waals surface area contributed by atoms with Crippen LogP contribution >= 0.6 is 0 Å². The summed E-state index contributed by atoms with van der Waals surface area (Å²) in [7, 11) is 2.08. The minimum absolute atomic E-state index is 0.00240. The fraction of sp³-hybridized carbons (Fsp3) is 0.278. The van der Waals surface area contributed by atoms with E-state index in [0.717, 1.165) is 18.7 Å². The molecular formula is C18H21N3O. The van der Waals surface area contributed by atoms with Crippen LogP contribution in [0.3, 0.4) is 0 Å². The monoisotopic (exact) mass is 295 g/mol. The average Bonchev–Trinajstić information content (AvgIpc) is 2.56. The number of hydrogen-bond donors (Lipinski definition) is 2. The summed E-state index contributed by atoms with van der Waals surface area (Å²) in [5.74, 6) is -0.00240. The Morgan fingerprint density at radius 2 is 1.86 bits per heavy atom. The highest BCUT2D eigenvalue weighted by Crippen LogP contribution is 2.30. The van der Waals surface area contributed by atoms with Crippen LogP contribution in [0.4, 0.5) is 5.69 Å². The van der Waals surface area contributed by atoms with Gasteiger partial charge in [0.05, 0.1) is 5.69 Å². The number of likely N-dealkylation sites (N-methyl/N-ethyl adjacent to an activating group) is 1. The Morgan fingerprint density at radius 3 is 2.68 bits per heavy atom. The van der Waals surface area contributed by atoms with E-state index in [0.29, 0.717) is 6.42 Å². The van der Waals surface area contributed by atoms with Crippen molar-refractivity contribution in [1.29, 1.82) is 0 Å². The Bertz CT molecular complexity index is 642. The zero-order valence-corrected chi connectivity index (χ0v) is 12.8. The van der Waals surface area contributed by atoms with Crippen LogP contribution in [0.15, 0.2) is 54.6 Å². The van der Waals surface area contributed by atoms with Gasteiger partial charge in [0.1, 0.15) is 0 Å². The van der Waals surface area contributed by atoms with Crippen molar-refractivity contribution in [2.75, 3.05) is 19.0 Å². The molecule has 0 bridgehead atoms. The molecule has 2 aromatic rings. The first-order valence-electron chi connectivity index (χ1n) is 7.62. The van der Waals surface area contributed by atoms with Crippen molar-refractivity contribution in [2.45, 2.75) is 18.9 Å². The summed E-state index contributed by atoms with van der Waals surface area (Å²) in [6.45, 7) is 0.987. The molecule has 1 heterocycles. The lowest BCUT2D eigenvalue weighted by molar-refractivity contribution is -0.121. The van der Waals surface area contributed by atoms with Gasteiger partial charge >= 0.3 is 0 Å². The molecule has 1 aliphatic heterocycles. The molecule has 4 nitrogen and oxygen atoms in total. The van der Waals surface area contributed by atoms with Gasteiger partial charge in [0.15, 0.2) is 0 Å². The number of carbonyl (C=O) groups is 1. The van der Waals surface area contributed by atoms with Crippen molar-refractivity contribution in [3.8, 4) is 0 Å². The van der Waals surface area contributed by atoms with E-state index in [1.165, 1.54) is 11.1 Å². The van der Waals surface area contributed by atoms with Gasteiger partial charge in [-0.15, -0.1) is 0 Å². The quantitative estimate of drug-likeness (QED) is 0.853. The molecule has 3 rings (SSSR count). The molecule has 2 N–H and O–H groups in total. The molecule has 1 atom stereocenters. The third-order valence-corrected chi connectivity index (χ3v) is 4.18. The number of nitrogens with one attached hydrogen (secondary N) is 2. The third-order valence-electron chi connectivity index (χ3n) is 4.18. The molecule has 0 spiro atoms. The maximum atomic E-state index is 12.2. The molecule has 0 aliphatic carbocycles. The Morgan fingerprint density at radius 1 is 1.14 bits per heavy atom. The largest absolute Gasteiger partial charge is 0.299 e. The van der Waals surface area contributed by atoms with Crippen LogP contribution in [0.25, 0.3) is 0 Å². The second kappa shape index (κ2) is 6.62. The van der Waals surface area contributed by atoms with Crippen LogP contribution in [0.5, 0.6) is 0 Å². The number of nitrogens with zero attached hydrogens (tertiary/aromatic N) is 1. The molecule has 0 radical (unpaired) electrons. The first-order chi connectivity index (χ1) is 10.7. The number of benzene rings is 2. The van der Waals surface area contributed by atoms with E-state index in [-0.39, 0.29) is 11.9 Å². The second-order valence-electron chi connectivity index (χ2n) is 5.69. The van der Waals surface area contributed by atoms with E-state index in [1.54, 1.807) is 0 Å². The van der Waals surface area contributed by atoms with Gasteiger partial charge in [-0.25, -0.2) is 0 Å². The van der Waals surface area contributed by atoms with E-state index < -0.39 is 0 Å². The van der Waals surface area contributed by atoms with Crippen molar-refractivity contribution in [1.82, 2.24) is 10.3 Å². The average molecular weight is 295 g/mol. The van der Waals surface area contributed by atoms with Gasteiger partial charge in [0.2, 0.25) is 5.91 Å². The lowest BCUT2D eigenvalue weighted by atomic mass is 9.91. The summed E-state index contributed by atoms with van der Waals surface area (Å²) in [5.41, 5.74) is 9.24. The SMILES string of the molecule is CN1CCc2ccccc2C1CC(=O)NNc1ccccc1. The minimum atomic E-state index is -0.00240. The summed E-state index contributed by atoms with van der Waals surface area (Å²) in [6, 6.07) is 18.2. The summed E-state index contributed by atoms with van der Waals surface area (Å²) < 4.78 is 0. The van der Waals surface area contributed by atoms with E-state index in [9.17, 15) is 4.79 Å². The molecule has 1 unspecified atom stereocenters. The number of para-hydroxylation sites is 1. The van der Waals surface area contributed by atoms with Crippen molar-refractivity contribution < 1.29 is 4.79 Å². The summed E-state index contributed by atoms with van der Waals surface area (Å²) in [5, 5.41) is 0. The highest BCUT2D eigenvalue weighted by molar-refractivity contribution is 5.78. The van der Waals surface area contributed by atoms with Gasteiger partial charge in [-0.05, 0) is 36.7 Å². The lowest BCUT2D eigenvalue weighted by Gasteiger charge is -2.34. The van der Waals surface area contributed by atoms with Crippen LogP contribution in [0.2, 0.25) is 0 Å². The molecule has 1 aliphatic rings. The second-order valence-corrected chi connectivity index (χ2v) is 5.69. The van der Waals surface area contributed by atoms with Gasteiger partial charge in [0, 0.05) is 19.0 Å². The standard InChI is InChI=1S/C18H21N3O/c1-21-12-11-14-7-5-6-10-16(14)17(21)13-18(22)20-19-15-8-3-2-4-9-15/h2-10,17,19H,11-13H2,1H3,(H,20,22). The number of hydrogen-bond acceptors (Lipinski definition) is 3. The molecule has 4 heteroatoms. The van der Waals surface area contributed by atoms with E-state index >= 15 is 0 Å². The number of fused-ring (bicyclic) bond motifs is 1. The molecule has 0 fully saturated rings. The Balaban J connectivity index is 1.64. The number of hydrazine groups is 1. The first-order valence-corrected chi connectivity index (χ1v) is 7.62. The van der Waals surface area contributed by atoms with Crippen LogP contribution in [0.1, 0.15) is 23.6 Å². The summed E-state index contributed by atoms with van der Waals surface area (Å²) in [4.78, 5) is 14.5. The predicted octanol–water partition coefficient (Wildman–Crippen LogP) is 2.75. The number of rotatable bonds is 4. The number of amides is 1. The van der Waals surface area contributed by atoms with Crippen molar-refractivity contribution in [3.63, 3.8) is 0 Å². The molecule has 1 amide bonds. The van der Waals surface area contributed by atoms with Gasteiger partial charge in [0.25, 0.3) is 0 Å². The molecular weight excluding hydrogens is 274 g/mol. The third kappa shape index (κ3) is 3.28. The zero-order valence-electron chi connectivity index (χ0n) is 12.8. The Hall–Kier alpha value is -2.33. The van der Waals surface area contributed by atoms with E-state index in [2.05, 4.69) is 41.0 Å². The van der Waals surface area contributed by atoms with Crippen molar-refractivity contribution in [3.05, 3.63) is 65.7 Å². The van der Waals surface area contributed by atoms with Gasteiger partial charge < -0.3 is 0 Å². The van der Waals surface area contributed by atoms with Crippen molar-refractivity contribution >= 4 is 11.6 Å². The van der Waals surface area contributed by atoms with E-state index in [4.69, 9.17) is 0 Å². The molecule has 0 saturated heterocycles. The Labute approximate surface area is 131 Å². The Kier molecular flexibility index (Phi) is 4.39. The number of anilines is 1. The van der Waals surface area contributed by atoms with Crippen LogP contribution in [-0.2, 0) is 11.2 Å². The fourth-order valence-corrected chi connectivity index (χ4v) is 2.93. The topological polar surface area (TPSA) is 44.4 Å². The smallest absolute Gasteiger partial charge is 0.240 e. The normalized spacial score (nSPS) is 17.6. The van der Waals surface area contributed by atoms with Gasteiger partial charge in [-0.1, -0.05) is 42.5 Å². The molecule has 0 saturated carbocycles. The molecule has 0 aromatic heterocycles. The first kappa shape index (κ1) is 14.6. The summed E-state index contributed by atoms with van der Waals surface area (Å²) >= 11 is 0. The molecule has 2 aromatic carbocycles. The fourth-order valence-electron chi connectivity index (χ4n) is 2.93. The van der Waals surface area contributed by atoms with Crippen molar-refractivity contribution in [2.24, 2.45) is 0 Å². The highest BCUT2D eigenvalue weighted by Gasteiger charge is 2.26. The van der Waals surface area contributed by atoms with Gasteiger partial charge in [-0.2, -0.15) is 0 Å². The van der Waals surface area contributed by atoms with E-state index in [1.807, 2.05) is 36.4 Å². The number of carbonyl (C=O) groups excluding carboxylic acids is 1. The maximum absolute atomic E-state index is 12.2. The zero-order chi connectivity index (χ0) is 15.4. The predicted molar refractivity (Wildman–Crippen MR) is 88.3 cm³/mol. The minimum Gasteiger partial charge on any atom is -0.299 e. The van der Waals surface area contributed by atoms with Gasteiger partial charge in [-0.3, -0.25) is 20.5 Å². The maximum Gasteiger partial charge on any atom is 0.240 e. The van der Waals surface area contributed by atoms with Crippen LogP contribution in [0, 0.1) is 0 Å². The lowest BCUT2D eigenvalue weighted by Crippen LogP contribution is -2.37. The van der Waals surface area contributed by atoms with Crippen LogP contribution < -0.4 is 10.9 Å². The molecule has 22 heavy (non-hydrogen) atoms. The molecule has 114 valence electrons. The summed E-state index contributed by atoms with van der Waals surface area (Å²) in [6.07, 6.45) is 1.50.